The van der Waals surface area contributed by atoms with E-state index < -0.39 is 0 Å². The van der Waals surface area contributed by atoms with Crippen LogP contribution in [0.1, 0.15) is 36.5 Å². The highest BCUT2D eigenvalue weighted by molar-refractivity contribution is 7.80. The summed E-state index contributed by atoms with van der Waals surface area (Å²) in [5.74, 6) is 0.106. The van der Waals surface area contributed by atoms with Crippen LogP contribution in [-0.2, 0) is 0 Å². The van der Waals surface area contributed by atoms with E-state index in [-0.39, 0.29) is 11.0 Å². The molecule has 1 atom stereocenters. The first-order chi connectivity index (χ1) is 9.08. The first-order valence-corrected chi connectivity index (χ1v) is 6.96. The van der Waals surface area contributed by atoms with E-state index in [4.69, 9.17) is 18.0 Å². The van der Waals surface area contributed by atoms with Crippen LogP contribution in [0, 0.1) is 0 Å². The summed E-state index contributed by atoms with van der Waals surface area (Å²) in [6, 6.07) is 7.59. The minimum absolute atomic E-state index is 0.106. The number of nitrogens with zero attached hydrogens (tertiary/aromatic N) is 1. The minimum Gasteiger partial charge on any atom is -0.376 e. The number of carbonyl (C=O) groups excluding carboxylic acids is 1. The molecule has 19 heavy (non-hydrogen) atoms. The van der Waals surface area contributed by atoms with Crippen LogP contribution in [0.25, 0.3) is 0 Å². The summed E-state index contributed by atoms with van der Waals surface area (Å²) in [5, 5.41) is 3.07. The van der Waals surface area contributed by atoms with Crippen molar-refractivity contribution in [3.63, 3.8) is 0 Å². The van der Waals surface area contributed by atoms with Gasteiger partial charge in [-0.25, -0.2) is 0 Å². The molecule has 1 unspecified atom stereocenters. The number of nitrogens with two attached hydrogens (primary N) is 1. The molecule has 1 saturated heterocycles. The summed E-state index contributed by atoms with van der Waals surface area (Å²) < 4.78 is 0. The van der Waals surface area contributed by atoms with E-state index >= 15 is 0 Å². The van der Waals surface area contributed by atoms with Crippen molar-refractivity contribution >= 4 is 28.9 Å². The molecule has 0 spiro atoms. The minimum atomic E-state index is 0.106. The molecule has 2 rings (SSSR count). The SMILES string of the molecule is CC1CCCCN1C(=O)c1ccc(NC(N)=S)cc1. The lowest BCUT2D eigenvalue weighted by Crippen LogP contribution is -2.42. The molecule has 0 saturated carbocycles. The van der Waals surface area contributed by atoms with E-state index in [1.54, 1.807) is 0 Å². The third kappa shape index (κ3) is 3.44. The van der Waals surface area contributed by atoms with Crippen LogP contribution in [0.4, 0.5) is 5.69 Å². The normalized spacial score (nSPS) is 19.0. The van der Waals surface area contributed by atoms with Crippen molar-refractivity contribution in [3.05, 3.63) is 29.8 Å². The van der Waals surface area contributed by atoms with Crippen molar-refractivity contribution in [1.29, 1.82) is 0 Å². The van der Waals surface area contributed by atoms with E-state index in [0.717, 1.165) is 25.1 Å². The lowest BCUT2D eigenvalue weighted by atomic mass is 10.0. The Morgan fingerprint density at radius 3 is 2.63 bits per heavy atom. The number of anilines is 1. The Morgan fingerprint density at radius 2 is 2.05 bits per heavy atom. The standard InChI is InChI=1S/C14H19N3OS/c1-10-4-2-3-9-17(10)13(18)11-5-7-12(8-6-11)16-14(15)19/h5-8,10H,2-4,9H2,1H3,(H3,15,16,19). The van der Waals surface area contributed by atoms with Crippen LogP contribution in [0.3, 0.4) is 0 Å². The van der Waals surface area contributed by atoms with Gasteiger partial charge in [0.25, 0.3) is 5.91 Å². The molecular weight excluding hydrogens is 258 g/mol. The predicted molar refractivity (Wildman–Crippen MR) is 81.2 cm³/mol. The van der Waals surface area contributed by atoms with Crippen molar-refractivity contribution in [2.24, 2.45) is 5.73 Å². The van der Waals surface area contributed by atoms with Gasteiger partial charge >= 0.3 is 0 Å². The number of carbonyl (C=O) groups is 1. The van der Waals surface area contributed by atoms with Crippen molar-refractivity contribution in [1.82, 2.24) is 4.90 Å². The summed E-state index contributed by atoms with van der Waals surface area (Å²) in [7, 11) is 0. The first kappa shape index (κ1) is 13.8. The predicted octanol–water partition coefficient (Wildman–Crippen LogP) is 2.36. The molecule has 1 aliphatic rings. The van der Waals surface area contributed by atoms with Gasteiger partial charge in [-0.3, -0.25) is 4.79 Å². The van der Waals surface area contributed by atoms with Crippen molar-refractivity contribution in [2.45, 2.75) is 32.2 Å². The van der Waals surface area contributed by atoms with E-state index in [0.29, 0.717) is 11.6 Å². The van der Waals surface area contributed by atoms with Gasteiger partial charge in [0, 0.05) is 23.8 Å². The van der Waals surface area contributed by atoms with Crippen LogP contribution < -0.4 is 11.1 Å². The molecule has 5 heteroatoms. The number of piperidine rings is 1. The fourth-order valence-electron chi connectivity index (χ4n) is 2.40. The molecule has 1 heterocycles. The molecule has 0 bridgehead atoms. The Balaban J connectivity index is 2.08. The second-order valence-corrected chi connectivity index (χ2v) is 5.35. The smallest absolute Gasteiger partial charge is 0.254 e. The first-order valence-electron chi connectivity index (χ1n) is 6.55. The average molecular weight is 277 g/mol. The van der Waals surface area contributed by atoms with E-state index in [1.165, 1.54) is 6.42 Å². The number of benzene rings is 1. The summed E-state index contributed by atoms with van der Waals surface area (Å²) in [4.78, 5) is 14.4. The van der Waals surface area contributed by atoms with Gasteiger partial charge in [-0.05, 0) is 62.7 Å². The molecule has 4 nitrogen and oxygen atoms in total. The number of nitrogens with one attached hydrogen (secondary N) is 1. The number of hydrogen-bond acceptors (Lipinski definition) is 2. The molecule has 1 aliphatic heterocycles. The molecule has 1 amide bonds. The Hall–Kier alpha value is -1.62. The van der Waals surface area contributed by atoms with Gasteiger partial charge in [0.15, 0.2) is 5.11 Å². The third-order valence-corrected chi connectivity index (χ3v) is 3.57. The Labute approximate surface area is 119 Å². The van der Waals surface area contributed by atoms with Crippen LogP contribution in [0.5, 0.6) is 0 Å². The lowest BCUT2D eigenvalue weighted by Gasteiger charge is -2.33. The largest absolute Gasteiger partial charge is 0.376 e. The zero-order chi connectivity index (χ0) is 13.8. The number of thiocarbonyl (C=S) groups is 1. The maximum Gasteiger partial charge on any atom is 0.254 e. The van der Waals surface area contributed by atoms with Gasteiger partial charge in [-0.2, -0.15) is 0 Å². The van der Waals surface area contributed by atoms with Gasteiger partial charge in [0.05, 0.1) is 0 Å². The van der Waals surface area contributed by atoms with Crippen LogP contribution in [-0.4, -0.2) is 28.5 Å². The van der Waals surface area contributed by atoms with E-state index in [2.05, 4.69) is 12.2 Å². The average Bonchev–Trinajstić information content (AvgIpc) is 2.39. The zero-order valence-corrected chi connectivity index (χ0v) is 11.9. The summed E-state index contributed by atoms with van der Waals surface area (Å²) >= 11 is 4.77. The van der Waals surface area contributed by atoms with Crippen molar-refractivity contribution in [3.8, 4) is 0 Å². The van der Waals surface area contributed by atoms with Gasteiger partial charge in [0.1, 0.15) is 0 Å². The monoisotopic (exact) mass is 277 g/mol. The van der Waals surface area contributed by atoms with Gasteiger partial charge in [-0.1, -0.05) is 0 Å². The van der Waals surface area contributed by atoms with Gasteiger partial charge < -0.3 is 16.0 Å². The molecule has 102 valence electrons. The number of rotatable bonds is 2. The van der Waals surface area contributed by atoms with Crippen molar-refractivity contribution < 1.29 is 4.79 Å². The molecule has 0 aromatic heterocycles. The summed E-state index contributed by atoms with van der Waals surface area (Å²) in [5.41, 5.74) is 6.91. The second-order valence-electron chi connectivity index (χ2n) is 4.91. The highest BCUT2D eigenvalue weighted by Gasteiger charge is 2.23. The highest BCUT2D eigenvalue weighted by Crippen LogP contribution is 2.20. The Morgan fingerprint density at radius 1 is 1.37 bits per heavy atom. The molecule has 0 aliphatic carbocycles. The fraction of sp³-hybridized carbons (Fsp3) is 0.429. The maximum absolute atomic E-state index is 12.4. The lowest BCUT2D eigenvalue weighted by molar-refractivity contribution is 0.0635. The van der Waals surface area contributed by atoms with Crippen LogP contribution >= 0.6 is 12.2 Å². The van der Waals surface area contributed by atoms with Crippen molar-refractivity contribution in [2.75, 3.05) is 11.9 Å². The molecule has 1 fully saturated rings. The van der Waals surface area contributed by atoms with Crippen LogP contribution in [0.2, 0.25) is 0 Å². The van der Waals surface area contributed by atoms with Gasteiger partial charge in [0.2, 0.25) is 0 Å². The Bertz CT molecular complexity index is 472. The summed E-state index contributed by atoms with van der Waals surface area (Å²) in [6.07, 6.45) is 3.39. The number of likely N-dealkylation sites (tertiary alicyclic amines) is 1. The molecule has 1 aromatic rings. The fourth-order valence-corrected chi connectivity index (χ4v) is 2.52. The van der Waals surface area contributed by atoms with Gasteiger partial charge in [-0.15, -0.1) is 0 Å². The third-order valence-electron chi connectivity index (χ3n) is 3.46. The quantitative estimate of drug-likeness (QED) is 0.815. The zero-order valence-electron chi connectivity index (χ0n) is 11.1. The molecular formula is C14H19N3OS. The van der Waals surface area contributed by atoms with E-state index in [1.807, 2.05) is 29.2 Å². The topological polar surface area (TPSA) is 58.4 Å². The van der Waals surface area contributed by atoms with E-state index in [9.17, 15) is 4.79 Å². The maximum atomic E-state index is 12.4. The molecule has 1 aromatic carbocycles. The Kier molecular flexibility index (Phi) is 4.37. The molecule has 3 N–H and O–H groups in total. The number of hydrogen-bond donors (Lipinski definition) is 2. The second kappa shape index (κ2) is 6.02. The number of amides is 1. The summed E-state index contributed by atoms with van der Waals surface area (Å²) in [6.45, 7) is 2.97. The highest BCUT2D eigenvalue weighted by atomic mass is 32.1. The van der Waals surface area contributed by atoms with Crippen LogP contribution in [0.15, 0.2) is 24.3 Å². The molecule has 0 radical (unpaired) electrons.